The van der Waals surface area contributed by atoms with Crippen molar-refractivity contribution in [3.8, 4) is 22.5 Å². The van der Waals surface area contributed by atoms with Crippen LogP contribution in [-0.4, -0.2) is 44.3 Å². The van der Waals surface area contributed by atoms with Gasteiger partial charge in [0.2, 0.25) is 0 Å². The van der Waals surface area contributed by atoms with Crippen LogP contribution in [0.15, 0.2) is 36.8 Å². The van der Waals surface area contributed by atoms with Crippen molar-refractivity contribution in [2.75, 3.05) is 19.8 Å². The molecule has 5 heterocycles. The number of nitrogens with zero attached hydrogens (tertiary/aromatic N) is 5. The van der Waals surface area contributed by atoms with Gasteiger partial charge in [0.25, 0.3) is 0 Å². The second-order valence-corrected chi connectivity index (χ2v) is 8.89. The average Bonchev–Trinajstić information content (AvgIpc) is 3.44. The van der Waals surface area contributed by atoms with E-state index in [-0.39, 0.29) is 0 Å². The van der Waals surface area contributed by atoms with Gasteiger partial charge in [-0.25, -0.2) is 0 Å². The Kier molecular flexibility index (Phi) is 4.81. The molecular formula is C25H28N6O. The zero-order valence-electron chi connectivity index (χ0n) is 18.6. The van der Waals surface area contributed by atoms with E-state index >= 15 is 0 Å². The molecule has 0 amide bonds. The molecule has 32 heavy (non-hydrogen) atoms. The van der Waals surface area contributed by atoms with E-state index < -0.39 is 0 Å². The van der Waals surface area contributed by atoms with Crippen LogP contribution in [0.1, 0.15) is 35.7 Å². The fraction of sp³-hybridized carbons (Fsp3) is 0.400. The van der Waals surface area contributed by atoms with Gasteiger partial charge >= 0.3 is 0 Å². The molecule has 0 saturated carbocycles. The van der Waals surface area contributed by atoms with Crippen molar-refractivity contribution in [3.63, 3.8) is 0 Å². The fourth-order valence-corrected chi connectivity index (χ4v) is 5.25. The van der Waals surface area contributed by atoms with Crippen LogP contribution in [0, 0.1) is 6.92 Å². The first kappa shape index (κ1) is 19.6. The molecule has 1 N–H and O–H groups in total. The summed E-state index contributed by atoms with van der Waals surface area (Å²) in [5.41, 5.74) is 8.19. The average molecular weight is 429 g/mol. The van der Waals surface area contributed by atoms with Crippen molar-refractivity contribution in [1.29, 1.82) is 0 Å². The number of aromatic nitrogens is 5. The lowest BCUT2D eigenvalue weighted by molar-refractivity contribution is 0.0654. The second kappa shape index (κ2) is 7.83. The summed E-state index contributed by atoms with van der Waals surface area (Å²) in [7, 11) is 1.93. The van der Waals surface area contributed by atoms with Crippen molar-refractivity contribution >= 4 is 10.8 Å². The number of benzene rings is 1. The maximum Gasteiger partial charge on any atom is 0.0977 e. The minimum Gasteiger partial charge on any atom is -0.381 e. The molecule has 7 nitrogen and oxygen atoms in total. The molecule has 1 aromatic carbocycles. The highest BCUT2D eigenvalue weighted by atomic mass is 16.5. The fourth-order valence-electron chi connectivity index (χ4n) is 5.25. The molecule has 164 valence electrons. The molecule has 0 spiro atoms. The van der Waals surface area contributed by atoms with Crippen molar-refractivity contribution in [1.82, 2.24) is 29.9 Å². The molecule has 3 aromatic heterocycles. The van der Waals surface area contributed by atoms with E-state index in [2.05, 4.69) is 40.2 Å². The van der Waals surface area contributed by atoms with E-state index in [1.807, 2.05) is 30.3 Å². The van der Waals surface area contributed by atoms with Gasteiger partial charge in [0.1, 0.15) is 0 Å². The summed E-state index contributed by atoms with van der Waals surface area (Å²) < 4.78 is 9.74. The molecule has 0 bridgehead atoms. The van der Waals surface area contributed by atoms with Crippen LogP contribution in [-0.2, 0) is 24.8 Å². The summed E-state index contributed by atoms with van der Waals surface area (Å²) in [6, 6.07) is 6.96. The van der Waals surface area contributed by atoms with Crippen molar-refractivity contribution in [3.05, 3.63) is 53.6 Å². The number of fused-ring (bicyclic) bond motifs is 2. The van der Waals surface area contributed by atoms with Crippen molar-refractivity contribution < 1.29 is 4.74 Å². The maximum atomic E-state index is 5.61. The Morgan fingerprint density at radius 3 is 2.78 bits per heavy atom. The summed E-state index contributed by atoms with van der Waals surface area (Å²) in [4.78, 5) is 4.86. The van der Waals surface area contributed by atoms with E-state index in [4.69, 9.17) is 14.8 Å². The number of hydrogen-bond acceptors (Lipinski definition) is 5. The van der Waals surface area contributed by atoms with Crippen molar-refractivity contribution in [2.24, 2.45) is 7.05 Å². The van der Waals surface area contributed by atoms with Gasteiger partial charge in [-0.05, 0) is 30.7 Å². The Hall–Kier alpha value is -3.03. The highest BCUT2D eigenvalue weighted by Gasteiger charge is 2.27. The van der Waals surface area contributed by atoms with Crippen LogP contribution in [0.4, 0.5) is 0 Å². The van der Waals surface area contributed by atoms with Gasteiger partial charge in [0.05, 0.1) is 23.6 Å². The predicted octanol–water partition coefficient (Wildman–Crippen LogP) is 3.80. The second-order valence-electron chi connectivity index (χ2n) is 8.89. The van der Waals surface area contributed by atoms with Gasteiger partial charge in [-0.15, -0.1) is 0 Å². The first-order chi connectivity index (χ1) is 15.7. The predicted molar refractivity (Wildman–Crippen MR) is 124 cm³/mol. The molecule has 0 radical (unpaired) electrons. The van der Waals surface area contributed by atoms with E-state index in [0.29, 0.717) is 6.04 Å². The SMILES string of the molecule is Cc1c(-c2cnn(C)c2)ncc2c(-c3nn(C4CCOCC4)c4c3CNCC4)cccc12. The van der Waals surface area contributed by atoms with Crippen LogP contribution < -0.4 is 5.32 Å². The number of aryl methyl sites for hydroxylation is 2. The standard InChI is InChI=1S/C25H28N6O/c1-16-19-4-3-5-20(21(19)14-27-24(16)17-12-28-30(2)15-17)25-22-13-26-9-6-23(22)31(29-25)18-7-10-32-11-8-18/h3-5,12,14-15,18,26H,6-11,13H2,1-2H3. The molecule has 1 saturated heterocycles. The third-order valence-electron chi connectivity index (χ3n) is 6.92. The number of rotatable bonds is 3. The highest BCUT2D eigenvalue weighted by molar-refractivity contribution is 5.99. The van der Waals surface area contributed by atoms with Gasteiger partial charge in [0, 0.05) is 79.9 Å². The van der Waals surface area contributed by atoms with E-state index in [1.54, 1.807) is 0 Å². The normalized spacial score (nSPS) is 17.1. The Bertz CT molecular complexity index is 1300. The first-order valence-electron chi connectivity index (χ1n) is 11.5. The van der Waals surface area contributed by atoms with Crippen LogP contribution in [0.25, 0.3) is 33.3 Å². The molecule has 6 rings (SSSR count). The van der Waals surface area contributed by atoms with Gasteiger partial charge in [0.15, 0.2) is 0 Å². The highest BCUT2D eigenvalue weighted by Crippen LogP contribution is 2.37. The molecule has 1 fully saturated rings. The Morgan fingerprint density at radius 1 is 1.09 bits per heavy atom. The molecule has 4 aromatic rings. The van der Waals surface area contributed by atoms with Gasteiger partial charge in [-0.3, -0.25) is 14.3 Å². The van der Waals surface area contributed by atoms with E-state index in [9.17, 15) is 0 Å². The first-order valence-corrected chi connectivity index (χ1v) is 11.5. The molecule has 0 atom stereocenters. The number of pyridine rings is 1. The third-order valence-corrected chi connectivity index (χ3v) is 6.92. The van der Waals surface area contributed by atoms with Crippen LogP contribution >= 0.6 is 0 Å². The molecular weight excluding hydrogens is 400 g/mol. The Balaban J connectivity index is 1.51. The lowest BCUT2D eigenvalue weighted by Gasteiger charge is -2.25. The van der Waals surface area contributed by atoms with Crippen LogP contribution in [0.2, 0.25) is 0 Å². The molecule has 2 aliphatic heterocycles. The molecule has 2 aliphatic rings. The van der Waals surface area contributed by atoms with Crippen LogP contribution in [0.3, 0.4) is 0 Å². The largest absolute Gasteiger partial charge is 0.381 e. The number of nitrogens with one attached hydrogen (secondary N) is 1. The summed E-state index contributed by atoms with van der Waals surface area (Å²) >= 11 is 0. The zero-order chi connectivity index (χ0) is 21.7. The number of ether oxygens (including phenoxy) is 1. The van der Waals surface area contributed by atoms with Crippen LogP contribution in [0.5, 0.6) is 0 Å². The molecule has 0 unspecified atom stereocenters. The van der Waals surface area contributed by atoms with Crippen molar-refractivity contribution in [2.45, 2.75) is 38.8 Å². The minimum absolute atomic E-state index is 0.427. The van der Waals surface area contributed by atoms with Gasteiger partial charge in [-0.2, -0.15) is 10.2 Å². The molecule has 0 aliphatic carbocycles. The zero-order valence-corrected chi connectivity index (χ0v) is 18.6. The van der Waals surface area contributed by atoms with E-state index in [0.717, 1.165) is 67.9 Å². The third kappa shape index (κ3) is 3.15. The van der Waals surface area contributed by atoms with Gasteiger partial charge < -0.3 is 10.1 Å². The lowest BCUT2D eigenvalue weighted by Crippen LogP contribution is -2.28. The summed E-state index contributed by atoms with van der Waals surface area (Å²) in [6.45, 7) is 5.67. The number of hydrogen-bond donors (Lipinski definition) is 1. The topological polar surface area (TPSA) is 69.8 Å². The van der Waals surface area contributed by atoms with Gasteiger partial charge in [-0.1, -0.05) is 18.2 Å². The van der Waals surface area contributed by atoms with E-state index in [1.165, 1.54) is 27.8 Å². The smallest absolute Gasteiger partial charge is 0.0977 e. The molecule has 7 heteroatoms. The summed E-state index contributed by atoms with van der Waals surface area (Å²) in [5.74, 6) is 0. The summed E-state index contributed by atoms with van der Waals surface area (Å²) in [6.07, 6.45) is 8.99. The monoisotopic (exact) mass is 428 g/mol. The lowest BCUT2D eigenvalue weighted by atomic mass is 9.95. The minimum atomic E-state index is 0.427. The quantitative estimate of drug-likeness (QED) is 0.537. The Morgan fingerprint density at radius 2 is 1.97 bits per heavy atom. The maximum absolute atomic E-state index is 5.61. The summed E-state index contributed by atoms with van der Waals surface area (Å²) in [5, 5.41) is 15.5. The Labute approximate surface area is 187 Å².